The molecule has 1 saturated carbocycles. The van der Waals surface area contributed by atoms with E-state index in [1.165, 1.54) is 12.3 Å². The molecule has 1 aliphatic carbocycles. The zero-order chi connectivity index (χ0) is 21.7. The van der Waals surface area contributed by atoms with E-state index < -0.39 is 18.9 Å². The Morgan fingerprint density at radius 3 is 2.81 bits per heavy atom. The quantitative estimate of drug-likeness (QED) is 0.621. The van der Waals surface area contributed by atoms with E-state index in [1.807, 2.05) is 24.4 Å². The molecule has 31 heavy (non-hydrogen) atoms. The van der Waals surface area contributed by atoms with Crippen molar-refractivity contribution in [3.05, 3.63) is 42.1 Å². The molecule has 1 saturated heterocycles. The molecule has 8 nitrogen and oxygen atoms in total. The molecule has 3 aromatic heterocycles. The number of carbonyl (C=O) groups is 1. The number of nitrogens with zero attached hydrogens (tertiary/aromatic N) is 4. The van der Waals surface area contributed by atoms with Gasteiger partial charge in [0.1, 0.15) is 23.6 Å². The van der Waals surface area contributed by atoms with Gasteiger partial charge in [-0.3, -0.25) is 9.48 Å². The molecule has 3 aromatic rings. The summed E-state index contributed by atoms with van der Waals surface area (Å²) < 4.78 is 39.4. The van der Waals surface area contributed by atoms with Crippen LogP contribution in [0.2, 0.25) is 0 Å². The molecule has 5 rings (SSSR count). The lowest BCUT2D eigenvalue weighted by atomic mass is 10.2. The van der Waals surface area contributed by atoms with Gasteiger partial charge in [0, 0.05) is 30.6 Å². The van der Waals surface area contributed by atoms with Crippen LogP contribution in [0.3, 0.4) is 0 Å². The minimum Gasteiger partial charge on any atom is -0.489 e. The number of halogens is 2. The number of rotatable bonds is 7. The number of hydrogen-bond donors (Lipinski definition) is 1. The van der Waals surface area contributed by atoms with E-state index in [1.54, 1.807) is 12.3 Å². The zero-order valence-electron chi connectivity index (χ0n) is 17.2. The number of anilines is 1. The minimum absolute atomic E-state index is 0.0494. The SMILES string of the molecule is CC(C)Oc1cc2nc(C3C4COCC43)cn2cc1NC(=O)c1ccn(CC(F)F)n1. The van der Waals surface area contributed by atoms with Crippen LogP contribution >= 0.6 is 0 Å². The van der Waals surface area contributed by atoms with Gasteiger partial charge in [0.2, 0.25) is 0 Å². The lowest BCUT2D eigenvalue weighted by molar-refractivity contribution is 0.101. The van der Waals surface area contributed by atoms with E-state index in [0.717, 1.165) is 29.2 Å². The highest BCUT2D eigenvalue weighted by Gasteiger charge is 2.55. The second kappa shape index (κ2) is 7.60. The third-order valence-electron chi connectivity index (χ3n) is 5.68. The van der Waals surface area contributed by atoms with Crippen LogP contribution in [0.5, 0.6) is 5.75 Å². The maximum absolute atomic E-state index is 12.7. The summed E-state index contributed by atoms with van der Waals surface area (Å²) in [4.78, 5) is 17.4. The molecule has 0 spiro atoms. The van der Waals surface area contributed by atoms with Crippen molar-refractivity contribution < 1.29 is 23.0 Å². The van der Waals surface area contributed by atoms with Crippen molar-refractivity contribution in [2.75, 3.05) is 18.5 Å². The largest absolute Gasteiger partial charge is 0.489 e. The zero-order valence-corrected chi connectivity index (χ0v) is 17.2. The van der Waals surface area contributed by atoms with Crippen LogP contribution in [-0.4, -0.2) is 50.8 Å². The fraction of sp³-hybridized carbons (Fsp3) is 0.476. The first-order chi connectivity index (χ1) is 14.9. The van der Waals surface area contributed by atoms with Crippen molar-refractivity contribution in [1.82, 2.24) is 19.2 Å². The number of ether oxygens (including phenoxy) is 2. The molecule has 164 valence electrons. The number of amides is 1. The molecule has 2 aliphatic rings. The highest BCUT2D eigenvalue weighted by molar-refractivity contribution is 6.03. The predicted molar refractivity (Wildman–Crippen MR) is 108 cm³/mol. The van der Waals surface area contributed by atoms with E-state index in [9.17, 15) is 13.6 Å². The van der Waals surface area contributed by atoms with Gasteiger partial charge in [-0.1, -0.05) is 0 Å². The number of nitrogens with one attached hydrogen (secondary N) is 1. The van der Waals surface area contributed by atoms with Gasteiger partial charge in [-0.15, -0.1) is 0 Å². The molecule has 0 radical (unpaired) electrons. The summed E-state index contributed by atoms with van der Waals surface area (Å²) in [5.41, 5.74) is 2.25. The summed E-state index contributed by atoms with van der Waals surface area (Å²) in [6.45, 7) is 4.79. The second-order valence-electron chi connectivity index (χ2n) is 8.31. The first kappa shape index (κ1) is 19.9. The average Bonchev–Trinajstić information content (AvgIpc) is 3.13. The number of hydrogen-bond acceptors (Lipinski definition) is 5. The average molecular weight is 431 g/mol. The fourth-order valence-corrected chi connectivity index (χ4v) is 4.23. The molecular formula is C21H23F2N5O3. The normalized spacial score (nSPS) is 22.3. The molecule has 2 atom stereocenters. The van der Waals surface area contributed by atoms with Gasteiger partial charge in [0.05, 0.1) is 25.0 Å². The van der Waals surface area contributed by atoms with Crippen molar-refractivity contribution in [2.24, 2.45) is 11.8 Å². The molecule has 2 fully saturated rings. The number of fused-ring (bicyclic) bond motifs is 2. The van der Waals surface area contributed by atoms with Crippen molar-refractivity contribution in [3.8, 4) is 5.75 Å². The molecule has 1 N–H and O–H groups in total. The van der Waals surface area contributed by atoms with Gasteiger partial charge in [0.15, 0.2) is 5.69 Å². The predicted octanol–water partition coefficient (Wildman–Crippen LogP) is 3.20. The standard InChI is InChI=1S/C21H23F2N5O3/c1-11(2)31-17-5-19-24-16(20-12-9-30-10-13(12)20)7-27(19)6-15(17)25-21(29)14-3-4-28(26-14)8-18(22)23/h3-7,11-13,18,20H,8-10H2,1-2H3,(H,25,29). The van der Waals surface area contributed by atoms with E-state index in [2.05, 4.69) is 10.4 Å². The van der Waals surface area contributed by atoms with Crippen molar-refractivity contribution in [2.45, 2.75) is 38.8 Å². The van der Waals surface area contributed by atoms with Crippen molar-refractivity contribution in [3.63, 3.8) is 0 Å². The first-order valence-electron chi connectivity index (χ1n) is 10.3. The number of alkyl halides is 2. The van der Waals surface area contributed by atoms with Gasteiger partial charge in [0.25, 0.3) is 12.3 Å². The van der Waals surface area contributed by atoms with Crippen LogP contribution in [0.4, 0.5) is 14.5 Å². The van der Waals surface area contributed by atoms with Gasteiger partial charge in [-0.25, -0.2) is 13.8 Å². The van der Waals surface area contributed by atoms with Gasteiger partial charge in [-0.05, 0) is 31.7 Å². The number of carbonyl (C=O) groups excluding carboxylic acids is 1. The Morgan fingerprint density at radius 1 is 1.32 bits per heavy atom. The van der Waals surface area contributed by atoms with Crippen LogP contribution < -0.4 is 10.1 Å². The summed E-state index contributed by atoms with van der Waals surface area (Å²) in [5.74, 6) is 1.48. The third-order valence-corrected chi connectivity index (χ3v) is 5.68. The lowest BCUT2D eigenvalue weighted by Gasteiger charge is -2.15. The van der Waals surface area contributed by atoms with Crippen LogP contribution in [0.1, 0.15) is 35.9 Å². The Hall–Kier alpha value is -3.01. The minimum atomic E-state index is -2.54. The highest BCUT2D eigenvalue weighted by Crippen LogP contribution is 2.57. The van der Waals surface area contributed by atoms with Gasteiger partial charge < -0.3 is 19.2 Å². The molecule has 0 bridgehead atoms. The Morgan fingerprint density at radius 2 is 2.10 bits per heavy atom. The van der Waals surface area contributed by atoms with Crippen LogP contribution in [0.15, 0.2) is 30.7 Å². The highest BCUT2D eigenvalue weighted by atomic mass is 19.3. The van der Waals surface area contributed by atoms with Gasteiger partial charge in [-0.2, -0.15) is 5.10 Å². The Kier molecular flexibility index (Phi) is 4.88. The summed E-state index contributed by atoms with van der Waals surface area (Å²) in [7, 11) is 0. The second-order valence-corrected chi connectivity index (χ2v) is 8.31. The van der Waals surface area contributed by atoms with Crippen LogP contribution in [-0.2, 0) is 11.3 Å². The van der Waals surface area contributed by atoms with E-state index in [4.69, 9.17) is 14.5 Å². The molecule has 2 unspecified atom stereocenters. The van der Waals surface area contributed by atoms with E-state index >= 15 is 0 Å². The molecule has 0 aromatic carbocycles. The maximum Gasteiger partial charge on any atom is 0.276 e. The number of pyridine rings is 1. The third kappa shape index (κ3) is 3.87. The lowest BCUT2D eigenvalue weighted by Crippen LogP contribution is -2.16. The summed E-state index contributed by atoms with van der Waals surface area (Å²) in [6.07, 6.45) is 2.43. The summed E-state index contributed by atoms with van der Waals surface area (Å²) in [5, 5.41) is 6.71. The summed E-state index contributed by atoms with van der Waals surface area (Å²) in [6, 6.07) is 3.20. The van der Waals surface area contributed by atoms with Gasteiger partial charge >= 0.3 is 0 Å². The summed E-state index contributed by atoms with van der Waals surface area (Å²) >= 11 is 0. The smallest absolute Gasteiger partial charge is 0.276 e. The Labute approximate surface area is 177 Å². The maximum atomic E-state index is 12.7. The molecule has 1 amide bonds. The Bertz CT molecular complexity index is 1120. The van der Waals surface area contributed by atoms with Crippen molar-refractivity contribution in [1.29, 1.82) is 0 Å². The van der Waals surface area contributed by atoms with Crippen molar-refractivity contribution >= 4 is 17.2 Å². The number of aromatic nitrogens is 4. The fourth-order valence-electron chi connectivity index (χ4n) is 4.23. The molecule has 10 heteroatoms. The van der Waals surface area contributed by atoms with E-state index in [-0.39, 0.29) is 11.8 Å². The molecular weight excluding hydrogens is 408 g/mol. The van der Waals surface area contributed by atoms with Crippen LogP contribution in [0.25, 0.3) is 5.65 Å². The molecule has 1 aliphatic heterocycles. The number of imidazole rings is 1. The Balaban J connectivity index is 1.41. The van der Waals surface area contributed by atoms with E-state index in [0.29, 0.717) is 29.2 Å². The molecule has 4 heterocycles. The van der Waals surface area contributed by atoms with Crippen LogP contribution in [0, 0.1) is 11.8 Å². The first-order valence-corrected chi connectivity index (χ1v) is 10.3. The topological polar surface area (TPSA) is 82.7 Å². The monoisotopic (exact) mass is 431 g/mol.